The van der Waals surface area contributed by atoms with Crippen molar-refractivity contribution in [2.24, 2.45) is 5.92 Å². The van der Waals surface area contributed by atoms with Crippen molar-refractivity contribution >= 4 is 29.2 Å². The number of anilines is 1. The molecule has 1 aliphatic heterocycles. The van der Waals surface area contributed by atoms with Gasteiger partial charge >= 0.3 is 5.97 Å². The summed E-state index contributed by atoms with van der Waals surface area (Å²) in [4.78, 5) is 23.2. The monoisotopic (exact) mass is 424 g/mol. The lowest BCUT2D eigenvalue weighted by Crippen LogP contribution is -2.35. The summed E-state index contributed by atoms with van der Waals surface area (Å²) in [6.07, 6.45) is 3.48. The summed E-state index contributed by atoms with van der Waals surface area (Å²) in [5.41, 5.74) is 2.16. The third-order valence-corrected chi connectivity index (χ3v) is 5.90. The molecule has 0 atom stereocenters. The molecule has 30 heavy (non-hydrogen) atoms. The van der Waals surface area contributed by atoms with Crippen LogP contribution in [-0.2, 0) is 16.0 Å². The number of hydrogen-bond acceptors (Lipinski definition) is 7. The highest BCUT2D eigenvalue weighted by atomic mass is 35.5. The second kappa shape index (κ2) is 8.28. The Balaban J connectivity index is 2.02. The molecule has 154 valence electrons. The second-order valence-electron chi connectivity index (χ2n) is 7.43. The molecular formula is C21H21ClN6O2. The van der Waals surface area contributed by atoms with Crippen molar-refractivity contribution in [3.8, 4) is 17.2 Å². The summed E-state index contributed by atoms with van der Waals surface area (Å²) < 4.78 is 6.57. The Morgan fingerprint density at radius 1 is 1.37 bits per heavy atom. The van der Waals surface area contributed by atoms with Crippen LogP contribution in [0.3, 0.4) is 0 Å². The van der Waals surface area contributed by atoms with Crippen LogP contribution in [0.25, 0.3) is 16.9 Å². The molecule has 1 fully saturated rings. The van der Waals surface area contributed by atoms with E-state index in [1.165, 1.54) is 13.4 Å². The fourth-order valence-corrected chi connectivity index (χ4v) is 4.07. The van der Waals surface area contributed by atoms with Gasteiger partial charge in [-0.1, -0.05) is 30.7 Å². The van der Waals surface area contributed by atoms with E-state index in [1.54, 1.807) is 16.6 Å². The van der Waals surface area contributed by atoms with Crippen LogP contribution >= 0.6 is 11.6 Å². The van der Waals surface area contributed by atoms with Crippen molar-refractivity contribution in [3.63, 3.8) is 0 Å². The van der Waals surface area contributed by atoms with Gasteiger partial charge in [0.1, 0.15) is 18.2 Å². The third-order valence-electron chi connectivity index (χ3n) is 5.49. The maximum absolute atomic E-state index is 12.2. The Morgan fingerprint density at radius 3 is 2.83 bits per heavy atom. The predicted molar refractivity (Wildman–Crippen MR) is 112 cm³/mol. The van der Waals surface area contributed by atoms with E-state index >= 15 is 0 Å². The first-order valence-corrected chi connectivity index (χ1v) is 10.1. The molecule has 1 aromatic carbocycles. The summed E-state index contributed by atoms with van der Waals surface area (Å²) in [5, 5.41) is 14.2. The maximum atomic E-state index is 12.2. The summed E-state index contributed by atoms with van der Waals surface area (Å²) in [5.74, 6) is 1.40. The number of esters is 1. The van der Waals surface area contributed by atoms with Crippen molar-refractivity contribution in [2.75, 3.05) is 25.1 Å². The first-order chi connectivity index (χ1) is 14.5. The highest BCUT2D eigenvalue weighted by Crippen LogP contribution is 2.40. The average Bonchev–Trinajstić information content (AvgIpc) is 3.22. The molecule has 0 unspecified atom stereocenters. The smallest absolute Gasteiger partial charge is 0.311 e. The van der Waals surface area contributed by atoms with Crippen LogP contribution in [-0.4, -0.2) is 45.8 Å². The van der Waals surface area contributed by atoms with Gasteiger partial charge in [-0.05, 0) is 24.8 Å². The molecule has 0 amide bonds. The Labute approximate surface area is 179 Å². The molecule has 0 radical (unpaired) electrons. The standard InChI is InChI=1S/C21H21ClN6O2/c1-13-6-8-27(9-7-13)20-18(15-5-3-4-14(11-23)19(15)22)16(10-17(29)30-2)26-21-24-12-25-28(20)21/h3-5,12-13H,6-10H2,1-2H3. The number of aromatic nitrogens is 4. The lowest BCUT2D eigenvalue weighted by Gasteiger charge is -2.34. The molecule has 0 bridgehead atoms. The minimum Gasteiger partial charge on any atom is -0.469 e. The van der Waals surface area contributed by atoms with E-state index in [1.807, 2.05) is 6.07 Å². The molecular weight excluding hydrogens is 404 g/mol. The number of methoxy groups -OCH3 is 1. The quantitative estimate of drug-likeness (QED) is 0.593. The molecule has 0 saturated carbocycles. The van der Waals surface area contributed by atoms with Gasteiger partial charge in [-0.15, -0.1) is 0 Å². The number of nitrogens with zero attached hydrogens (tertiary/aromatic N) is 6. The van der Waals surface area contributed by atoms with Crippen LogP contribution < -0.4 is 4.90 Å². The fourth-order valence-electron chi connectivity index (χ4n) is 3.81. The minimum absolute atomic E-state index is 0.0421. The number of fused-ring (bicyclic) bond motifs is 1. The molecule has 2 aromatic heterocycles. The molecule has 9 heteroatoms. The second-order valence-corrected chi connectivity index (χ2v) is 7.81. The third kappa shape index (κ3) is 3.57. The zero-order valence-electron chi connectivity index (χ0n) is 16.8. The van der Waals surface area contributed by atoms with E-state index in [9.17, 15) is 10.1 Å². The number of rotatable bonds is 4. The number of nitriles is 1. The summed E-state index contributed by atoms with van der Waals surface area (Å²) in [6, 6.07) is 7.39. The van der Waals surface area contributed by atoms with Crippen molar-refractivity contribution in [3.05, 3.63) is 40.8 Å². The van der Waals surface area contributed by atoms with E-state index < -0.39 is 5.97 Å². The van der Waals surface area contributed by atoms with E-state index in [2.05, 4.69) is 33.0 Å². The SMILES string of the molecule is COC(=O)Cc1nc2ncnn2c(N2CCC(C)CC2)c1-c1cccc(C#N)c1Cl. The highest BCUT2D eigenvalue weighted by molar-refractivity contribution is 6.34. The van der Waals surface area contributed by atoms with Crippen LogP contribution in [0, 0.1) is 17.2 Å². The zero-order chi connectivity index (χ0) is 21.3. The van der Waals surface area contributed by atoms with E-state index in [-0.39, 0.29) is 6.42 Å². The molecule has 8 nitrogen and oxygen atoms in total. The van der Waals surface area contributed by atoms with Crippen molar-refractivity contribution in [1.82, 2.24) is 19.6 Å². The maximum Gasteiger partial charge on any atom is 0.311 e. The van der Waals surface area contributed by atoms with Gasteiger partial charge in [0.2, 0.25) is 0 Å². The van der Waals surface area contributed by atoms with Crippen molar-refractivity contribution < 1.29 is 9.53 Å². The number of halogens is 1. The lowest BCUT2D eigenvalue weighted by atomic mass is 9.96. The van der Waals surface area contributed by atoms with Gasteiger partial charge in [-0.2, -0.15) is 19.9 Å². The molecule has 4 rings (SSSR count). The average molecular weight is 425 g/mol. The predicted octanol–water partition coefficient (Wildman–Crippen LogP) is 3.27. The van der Waals surface area contributed by atoms with Gasteiger partial charge in [0.15, 0.2) is 0 Å². The Morgan fingerprint density at radius 2 is 2.13 bits per heavy atom. The van der Waals surface area contributed by atoms with E-state index in [0.29, 0.717) is 39.1 Å². The van der Waals surface area contributed by atoms with Gasteiger partial charge in [-0.25, -0.2) is 4.98 Å². The molecule has 0 spiro atoms. The number of ether oxygens (including phenoxy) is 1. The molecule has 0 aliphatic carbocycles. The summed E-state index contributed by atoms with van der Waals surface area (Å²) >= 11 is 6.61. The van der Waals surface area contributed by atoms with Crippen LogP contribution in [0.5, 0.6) is 0 Å². The molecule has 0 N–H and O–H groups in total. The largest absolute Gasteiger partial charge is 0.469 e. The number of hydrogen-bond donors (Lipinski definition) is 0. The molecule has 1 saturated heterocycles. The van der Waals surface area contributed by atoms with Gasteiger partial charge < -0.3 is 9.64 Å². The normalized spacial score (nSPS) is 14.7. The Bertz CT molecular complexity index is 1140. The topological polar surface area (TPSA) is 96.4 Å². The number of carbonyl (C=O) groups excluding carboxylic acids is 1. The van der Waals surface area contributed by atoms with Gasteiger partial charge in [-0.3, -0.25) is 4.79 Å². The fraction of sp³-hybridized carbons (Fsp3) is 0.381. The highest BCUT2D eigenvalue weighted by Gasteiger charge is 2.28. The molecule has 3 heterocycles. The van der Waals surface area contributed by atoms with Gasteiger partial charge in [0.25, 0.3) is 5.78 Å². The minimum atomic E-state index is -0.418. The Kier molecular flexibility index (Phi) is 5.55. The number of carbonyl (C=O) groups is 1. The van der Waals surface area contributed by atoms with Gasteiger partial charge in [0.05, 0.1) is 29.8 Å². The zero-order valence-corrected chi connectivity index (χ0v) is 17.6. The van der Waals surface area contributed by atoms with Crippen LogP contribution in [0.4, 0.5) is 5.82 Å². The van der Waals surface area contributed by atoms with Crippen molar-refractivity contribution in [2.45, 2.75) is 26.2 Å². The molecule has 3 aromatic rings. The van der Waals surface area contributed by atoms with Crippen molar-refractivity contribution in [1.29, 1.82) is 5.26 Å². The van der Waals surface area contributed by atoms with Gasteiger partial charge in [0, 0.05) is 24.2 Å². The first-order valence-electron chi connectivity index (χ1n) is 9.76. The molecule has 1 aliphatic rings. The number of piperidine rings is 1. The van der Waals surface area contributed by atoms with E-state index in [0.717, 1.165) is 31.7 Å². The van der Waals surface area contributed by atoms with Crippen LogP contribution in [0.2, 0.25) is 5.02 Å². The number of benzene rings is 1. The van der Waals surface area contributed by atoms with Crippen LogP contribution in [0.15, 0.2) is 24.5 Å². The van der Waals surface area contributed by atoms with Crippen LogP contribution in [0.1, 0.15) is 31.0 Å². The lowest BCUT2D eigenvalue weighted by molar-refractivity contribution is -0.139. The summed E-state index contributed by atoms with van der Waals surface area (Å²) in [6.45, 7) is 3.91. The summed E-state index contributed by atoms with van der Waals surface area (Å²) in [7, 11) is 1.34. The first kappa shape index (κ1) is 20.1. The Hall–Kier alpha value is -3.18. The van der Waals surface area contributed by atoms with E-state index in [4.69, 9.17) is 16.3 Å².